The summed E-state index contributed by atoms with van der Waals surface area (Å²) in [6.07, 6.45) is 0. The molecule has 1 aromatic heterocycles. The summed E-state index contributed by atoms with van der Waals surface area (Å²) in [5.41, 5.74) is 4.00. The fourth-order valence-electron chi connectivity index (χ4n) is 2.38. The summed E-state index contributed by atoms with van der Waals surface area (Å²) in [7, 11) is 0. The van der Waals surface area contributed by atoms with E-state index in [0.29, 0.717) is 6.61 Å². The summed E-state index contributed by atoms with van der Waals surface area (Å²) >= 11 is 0. The molecule has 0 bridgehead atoms. The van der Waals surface area contributed by atoms with Gasteiger partial charge in [-0.3, -0.25) is 0 Å². The van der Waals surface area contributed by atoms with Gasteiger partial charge in [0.1, 0.15) is 12.3 Å². The molecule has 0 aliphatic carbocycles. The molecule has 4 rings (SSSR count). The maximum atomic E-state index is 5.86. The Morgan fingerprint density at radius 1 is 0.889 bits per heavy atom. The maximum absolute atomic E-state index is 5.86. The first-order chi connectivity index (χ1) is 8.93. The van der Waals surface area contributed by atoms with Crippen molar-refractivity contribution in [3.63, 3.8) is 0 Å². The molecule has 0 amide bonds. The maximum Gasteiger partial charge on any atom is 0.157 e. The van der Waals surface area contributed by atoms with Crippen molar-refractivity contribution in [2.24, 2.45) is 0 Å². The molecule has 0 N–H and O–H groups in total. The summed E-state index contributed by atoms with van der Waals surface area (Å²) in [6, 6.07) is 16.1. The van der Waals surface area contributed by atoms with Crippen molar-refractivity contribution in [2.45, 2.75) is 6.61 Å². The minimum Gasteiger partial charge on any atom is -0.486 e. The third kappa shape index (κ3) is 1.24. The molecule has 0 spiro atoms. The molecule has 0 saturated heterocycles. The summed E-state index contributed by atoms with van der Waals surface area (Å²) in [6.45, 7) is 0.596. The first-order valence-corrected chi connectivity index (χ1v) is 5.90. The standard InChI is InChI=1S/C15H10N2O/c1-2-6-11-10(5-1)9-18-15-12-7-3-4-8-13(12)16-17-14(11)15/h1-8H,9H2. The molecule has 0 radical (unpaired) electrons. The van der Waals surface area contributed by atoms with Crippen LogP contribution >= 0.6 is 0 Å². The van der Waals surface area contributed by atoms with Crippen LogP contribution in [0.15, 0.2) is 48.5 Å². The van der Waals surface area contributed by atoms with Crippen molar-refractivity contribution < 1.29 is 4.74 Å². The molecule has 1 aliphatic rings. The lowest BCUT2D eigenvalue weighted by atomic mass is 10.0. The van der Waals surface area contributed by atoms with E-state index in [2.05, 4.69) is 22.3 Å². The highest BCUT2D eigenvalue weighted by molar-refractivity contribution is 5.91. The number of rotatable bonds is 0. The fourth-order valence-corrected chi connectivity index (χ4v) is 2.38. The van der Waals surface area contributed by atoms with Crippen LogP contribution in [-0.2, 0) is 6.61 Å². The number of fused-ring (bicyclic) bond motifs is 5. The largest absolute Gasteiger partial charge is 0.486 e. The van der Waals surface area contributed by atoms with Crippen LogP contribution in [0.4, 0.5) is 0 Å². The van der Waals surface area contributed by atoms with Gasteiger partial charge in [0.15, 0.2) is 5.75 Å². The first-order valence-electron chi connectivity index (χ1n) is 5.90. The Kier molecular flexibility index (Phi) is 1.88. The molecule has 3 nitrogen and oxygen atoms in total. The van der Waals surface area contributed by atoms with Gasteiger partial charge in [0.2, 0.25) is 0 Å². The van der Waals surface area contributed by atoms with E-state index in [1.54, 1.807) is 0 Å². The number of aromatic nitrogens is 2. The van der Waals surface area contributed by atoms with Crippen LogP contribution in [0.1, 0.15) is 5.56 Å². The Bertz CT molecular complexity index is 752. The van der Waals surface area contributed by atoms with Crippen molar-refractivity contribution in [3.05, 3.63) is 54.1 Å². The second-order valence-corrected chi connectivity index (χ2v) is 4.34. The Hall–Kier alpha value is -2.42. The Morgan fingerprint density at radius 2 is 1.72 bits per heavy atom. The average Bonchev–Trinajstić information content (AvgIpc) is 2.46. The van der Waals surface area contributed by atoms with Gasteiger partial charge in [-0.2, -0.15) is 0 Å². The van der Waals surface area contributed by atoms with Crippen LogP contribution < -0.4 is 4.74 Å². The quantitative estimate of drug-likeness (QED) is 0.599. The van der Waals surface area contributed by atoms with E-state index < -0.39 is 0 Å². The van der Waals surface area contributed by atoms with Crippen molar-refractivity contribution in [1.29, 1.82) is 0 Å². The SMILES string of the molecule is c1ccc2c(c1)COc1c-2nnc2ccccc12. The van der Waals surface area contributed by atoms with E-state index in [4.69, 9.17) is 4.74 Å². The minimum atomic E-state index is 0.596. The van der Waals surface area contributed by atoms with Gasteiger partial charge in [0.05, 0.1) is 5.52 Å². The highest BCUT2D eigenvalue weighted by Crippen LogP contribution is 2.39. The smallest absolute Gasteiger partial charge is 0.157 e. The number of ether oxygens (including phenoxy) is 1. The van der Waals surface area contributed by atoms with Crippen LogP contribution in [0.25, 0.3) is 22.2 Å². The Labute approximate surface area is 104 Å². The van der Waals surface area contributed by atoms with Crippen LogP contribution in [0.2, 0.25) is 0 Å². The normalized spacial score (nSPS) is 12.7. The summed E-state index contributed by atoms with van der Waals surface area (Å²) in [4.78, 5) is 0. The van der Waals surface area contributed by atoms with E-state index >= 15 is 0 Å². The molecule has 0 atom stereocenters. The van der Waals surface area contributed by atoms with Crippen molar-refractivity contribution >= 4 is 10.9 Å². The van der Waals surface area contributed by atoms with Gasteiger partial charge in [-0.1, -0.05) is 36.4 Å². The zero-order chi connectivity index (χ0) is 11.9. The molecule has 2 heterocycles. The number of nitrogens with zero attached hydrogens (tertiary/aromatic N) is 2. The predicted molar refractivity (Wildman–Crippen MR) is 69.3 cm³/mol. The van der Waals surface area contributed by atoms with Crippen LogP contribution in [0.5, 0.6) is 5.75 Å². The summed E-state index contributed by atoms with van der Waals surface area (Å²) in [5.74, 6) is 0.847. The van der Waals surface area contributed by atoms with E-state index in [-0.39, 0.29) is 0 Å². The lowest BCUT2D eigenvalue weighted by molar-refractivity contribution is 0.304. The molecular formula is C15H10N2O. The highest BCUT2D eigenvalue weighted by Gasteiger charge is 2.20. The molecular weight excluding hydrogens is 224 g/mol. The topological polar surface area (TPSA) is 35.0 Å². The number of hydrogen-bond acceptors (Lipinski definition) is 3. The van der Waals surface area contributed by atoms with Gasteiger partial charge in [-0.25, -0.2) is 0 Å². The van der Waals surface area contributed by atoms with Crippen molar-refractivity contribution in [2.75, 3.05) is 0 Å². The van der Waals surface area contributed by atoms with Crippen LogP contribution in [-0.4, -0.2) is 10.2 Å². The van der Waals surface area contributed by atoms with Gasteiger partial charge in [-0.15, -0.1) is 10.2 Å². The second-order valence-electron chi connectivity index (χ2n) is 4.34. The molecule has 1 aliphatic heterocycles. The Balaban J connectivity index is 2.09. The molecule has 0 fully saturated rings. The molecule has 0 unspecified atom stereocenters. The fraction of sp³-hybridized carbons (Fsp3) is 0.0667. The molecule has 3 heteroatoms. The van der Waals surface area contributed by atoms with Gasteiger partial charge in [0, 0.05) is 10.9 Å². The van der Waals surface area contributed by atoms with Gasteiger partial charge in [-0.05, 0) is 17.7 Å². The zero-order valence-corrected chi connectivity index (χ0v) is 9.63. The summed E-state index contributed by atoms with van der Waals surface area (Å²) < 4.78 is 5.86. The van der Waals surface area contributed by atoms with Gasteiger partial charge < -0.3 is 4.74 Å². The highest BCUT2D eigenvalue weighted by atomic mass is 16.5. The lowest BCUT2D eigenvalue weighted by Crippen LogP contribution is -2.08. The van der Waals surface area contributed by atoms with Gasteiger partial charge >= 0.3 is 0 Å². The molecule has 86 valence electrons. The zero-order valence-electron chi connectivity index (χ0n) is 9.63. The molecule has 18 heavy (non-hydrogen) atoms. The number of benzene rings is 2. The molecule has 2 aromatic carbocycles. The van der Waals surface area contributed by atoms with Crippen molar-refractivity contribution in [3.8, 4) is 17.0 Å². The first kappa shape index (κ1) is 9.59. The van der Waals surface area contributed by atoms with Gasteiger partial charge in [0.25, 0.3) is 0 Å². The van der Waals surface area contributed by atoms with Crippen LogP contribution in [0, 0.1) is 0 Å². The van der Waals surface area contributed by atoms with Crippen molar-refractivity contribution in [1.82, 2.24) is 10.2 Å². The second kappa shape index (κ2) is 3.53. The predicted octanol–water partition coefficient (Wildman–Crippen LogP) is 3.19. The third-order valence-electron chi connectivity index (χ3n) is 3.27. The van der Waals surface area contributed by atoms with E-state index in [0.717, 1.165) is 33.5 Å². The monoisotopic (exact) mass is 234 g/mol. The third-order valence-corrected chi connectivity index (χ3v) is 3.27. The minimum absolute atomic E-state index is 0.596. The Morgan fingerprint density at radius 3 is 2.72 bits per heavy atom. The average molecular weight is 234 g/mol. The van der Waals surface area contributed by atoms with Crippen LogP contribution in [0.3, 0.4) is 0 Å². The number of hydrogen-bond donors (Lipinski definition) is 0. The molecule has 3 aromatic rings. The summed E-state index contributed by atoms with van der Waals surface area (Å²) in [5, 5.41) is 9.60. The lowest BCUT2D eigenvalue weighted by Gasteiger charge is -2.20. The van der Waals surface area contributed by atoms with E-state index in [1.165, 1.54) is 0 Å². The van der Waals surface area contributed by atoms with E-state index in [9.17, 15) is 0 Å². The molecule has 0 saturated carbocycles. The van der Waals surface area contributed by atoms with E-state index in [1.807, 2.05) is 36.4 Å².